The van der Waals surface area contributed by atoms with Gasteiger partial charge in [-0.15, -0.1) is 58.0 Å². The summed E-state index contributed by atoms with van der Waals surface area (Å²) in [5.74, 6) is -4.73. The highest BCUT2D eigenvalue weighted by Gasteiger charge is 2.25. The van der Waals surface area contributed by atoms with Crippen molar-refractivity contribution in [2.45, 2.75) is 190 Å². The molecule has 0 fully saturated rings. The zero-order valence-corrected chi connectivity index (χ0v) is 72.2. The molecule has 4 aromatic heterocycles. The lowest BCUT2D eigenvalue weighted by Crippen LogP contribution is -2.33. The lowest BCUT2D eigenvalue weighted by atomic mass is 10.2. The molecule has 0 unspecified atom stereocenters. The fourth-order valence-corrected chi connectivity index (χ4v) is 9.75. The first-order valence-corrected chi connectivity index (χ1v) is 38.7. The van der Waals surface area contributed by atoms with Crippen molar-refractivity contribution in [3.05, 3.63) is 43.3 Å². The molecule has 0 aliphatic heterocycles. The number of halogens is 5. The number of nitrogens with two attached hydrogens (primary N) is 4. The number of amides is 1. The number of thiazole rings is 4. The second-order valence-electron chi connectivity index (χ2n) is 24.2. The smallest absolute Gasteiger partial charge is 0.407 e. The molecule has 0 aliphatic rings. The van der Waals surface area contributed by atoms with Crippen LogP contribution in [0.5, 0.6) is 0 Å². The van der Waals surface area contributed by atoms with Gasteiger partial charge < -0.3 is 86.6 Å². The zero-order chi connectivity index (χ0) is 79.7. The predicted molar refractivity (Wildman–Crippen MR) is 428 cm³/mol. The molecule has 4 aromatic rings. The van der Waals surface area contributed by atoms with Gasteiger partial charge in [0.2, 0.25) is 22.8 Å². The van der Waals surface area contributed by atoms with Crippen molar-refractivity contribution in [1.29, 1.82) is 0 Å². The number of nitrogen functional groups attached to an aromatic ring is 4. The number of oxime groups is 4. The molecule has 0 atom stereocenters. The van der Waals surface area contributed by atoms with E-state index in [9.17, 15) is 38.4 Å². The van der Waals surface area contributed by atoms with E-state index >= 15 is 0 Å². The van der Waals surface area contributed by atoms with E-state index in [1.54, 1.807) is 60.8 Å². The number of hydrogen-bond acceptors (Lipinski definition) is 35. The first kappa shape index (κ1) is 103. The Kier molecular flexibility index (Phi) is 55.6. The number of nitrogens with zero attached hydrogens (tertiary/aromatic N) is 8. The molecule has 0 saturated carbocycles. The predicted octanol–water partition coefficient (Wildman–Crippen LogP) is 12.3. The number of carboxylic acid groups (broad SMARTS) is 2. The summed E-state index contributed by atoms with van der Waals surface area (Å²) in [5.41, 5.74) is 19.7. The topological polar surface area (TPSA) is 509 Å². The summed E-state index contributed by atoms with van der Waals surface area (Å²) in [4.78, 5) is 122. The van der Waals surface area contributed by atoms with Gasteiger partial charge in [0.15, 0.2) is 20.5 Å². The first-order valence-electron chi connectivity index (χ1n) is 31.8. The number of hydrogen-bond donors (Lipinski definition) is 9. The number of rotatable bonds is 34. The van der Waals surface area contributed by atoms with Crippen LogP contribution in [0.2, 0.25) is 4.34 Å². The van der Waals surface area contributed by atoms with Crippen molar-refractivity contribution >= 4 is 220 Å². The van der Waals surface area contributed by atoms with Crippen LogP contribution < -0.4 is 32.6 Å². The van der Waals surface area contributed by atoms with Crippen molar-refractivity contribution in [3.8, 4) is 0 Å². The van der Waals surface area contributed by atoms with Gasteiger partial charge in [-0.2, -0.15) is 0 Å². The Morgan fingerprint density at radius 3 is 1.14 bits per heavy atom. The summed E-state index contributed by atoms with van der Waals surface area (Å²) in [6.07, 6.45) is 5.95. The fraction of sp³-hybridized carbons (Fsp3) is 0.613. The maximum Gasteiger partial charge on any atom is 0.407 e. The van der Waals surface area contributed by atoms with Gasteiger partial charge in [-0.25, -0.2) is 43.9 Å². The first-order chi connectivity index (χ1) is 48.6. The van der Waals surface area contributed by atoms with Crippen molar-refractivity contribution in [3.63, 3.8) is 0 Å². The molecule has 0 spiro atoms. The van der Waals surface area contributed by atoms with Crippen molar-refractivity contribution in [2.24, 2.45) is 20.6 Å². The minimum Gasteiger partial charge on any atom is -0.476 e. The van der Waals surface area contributed by atoms with Crippen molar-refractivity contribution in [2.75, 3.05) is 79.7 Å². The highest BCUT2D eigenvalue weighted by atomic mass is 127. The number of carboxylic acids is 2. The fourth-order valence-electron chi connectivity index (χ4n) is 6.34. The quantitative estimate of drug-likeness (QED) is 0.00241. The van der Waals surface area contributed by atoms with Gasteiger partial charge in [-0.1, -0.05) is 75.4 Å². The number of nitrogens with one attached hydrogen (secondary N) is 2. The molecule has 105 heavy (non-hydrogen) atoms. The maximum absolute atomic E-state index is 11.9. The van der Waals surface area contributed by atoms with Gasteiger partial charge in [0, 0.05) is 75.3 Å². The second-order valence-corrected chi connectivity index (χ2v) is 30.7. The minimum absolute atomic E-state index is 0. The minimum atomic E-state index is -1.32. The van der Waals surface area contributed by atoms with Crippen LogP contribution in [0.3, 0.4) is 0 Å². The number of esters is 5. The number of alkyl halides is 2. The SMILES string of the molecule is BrCCCNBr.CC(C)(C)OC(=O)CCCCO/N=C(\C(=O)O)c1csc(N)n1.CC(C)(C)OC(=O)CCCCO/N=C(\C(=O)O)c1nc(N)sc1Cl.CC(C)(C)OC(=O)NCCCBr.CCOC(=O)/C(=N\O)c1csc(N)n1.CCOC(=O)/C(=N\OCCCCC(=O)OC(C)(C)C)c1csc(N)n1.I. The van der Waals surface area contributed by atoms with Crippen LogP contribution in [0, 0.1) is 0 Å². The Morgan fingerprint density at radius 2 is 0.848 bits per heavy atom. The van der Waals surface area contributed by atoms with Crippen LogP contribution in [0.1, 0.15) is 190 Å². The van der Waals surface area contributed by atoms with Crippen molar-refractivity contribution in [1.82, 2.24) is 29.6 Å². The number of anilines is 4. The third kappa shape index (κ3) is 54.8. The van der Waals surface area contributed by atoms with E-state index in [0.717, 1.165) is 57.6 Å². The monoisotopic (exact) mass is 1890 g/mol. The zero-order valence-electron chi connectivity index (χ0n) is 61.1. The van der Waals surface area contributed by atoms with Gasteiger partial charge in [0.25, 0.3) is 0 Å². The van der Waals surface area contributed by atoms with E-state index in [4.69, 9.17) is 88.2 Å². The van der Waals surface area contributed by atoms with Crippen molar-refractivity contribution < 1.29 is 96.7 Å². The van der Waals surface area contributed by atoms with E-state index in [1.165, 1.54) is 28.5 Å². The van der Waals surface area contributed by atoms with Crippen LogP contribution in [0.25, 0.3) is 0 Å². The summed E-state index contributed by atoms with van der Waals surface area (Å²) in [7, 11) is 0. The Labute approximate surface area is 674 Å². The average Bonchev–Trinajstić information content (AvgIpc) is 1.72. The molecule has 1 amide bonds. The second kappa shape index (κ2) is 56.8. The Morgan fingerprint density at radius 1 is 0.505 bits per heavy atom. The highest BCUT2D eigenvalue weighted by molar-refractivity contribution is 14.0. The molecule has 0 aliphatic carbocycles. The number of carbonyl (C=O) groups excluding carboxylic acids is 6. The van der Waals surface area contributed by atoms with E-state index in [1.807, 2.05) is 41.5 Å². The van der Waals surface area contributed by atoms with E-state index in [-0.39, 0.29) is 143 Å². The molecular formula is C62H99Br3ClIN14O20S4. The summed E-state index contributed by atoms with van der Waals surface area (Å²) in [6.45, 7) is 27.9. The molecule has 4 heterocycles. The molecule has 4 rings (SSSR count). The largest absolute Gasteiger partial charge is 0.476 e. The Balaban J connectivity index is -0.00000124. The summed E-state index contributed by atoms with van der Waals surface area (Å²) < 4.78 is 33.1. The third-order valence-corrected chi connectivity index (χ3v) is 14.9. The molecule has 0 bridgehead atoms. The van der Waals surface area contributed by atoms with Gasteiger partial charge in [-0.05, 0) is 148 Å². The lowest BCUT2D eigenvalue weighted by Gasteiger charge is -2.19. The standard InChI is InChI=1S/C16H25N3O5S.C14H20ClN3O5S.C14H21N3O5S.C8H16BrNO2.C7H9N3O3S.C3H7Br2N.HI/c1-5-22-14(21)13(11-10-25-15(17)18-11)19-23-9-7-6-8-12(20)24-16(2,3)4;1-14(2,3)23-8(19)6-4-5-7-22-18-10(12(20)21)9-11(15)24-13(16)17-9;1-14(2,3)22-10(18)6-4-5-7-21-17-11(12(19)20)9-8-23-13(15)16-9;1-8(2,3)12-7(11)10-6-4-5-9;1-2-13-6(11)5(10-12)4-3-14-7(8)9-4;4-2-1-3-6-5;/h10H,5-9H2,1-4H3,(H2,17,18);4-7H2,1-3H3,(H2,16,17)(H,20,21);8H,4-7H2,1-3H3,(H2,15,16)(H,19,20);4-6H2,1-3H3,(H,10,11);3,12H,2H2,1H3,(H2,8,9);6H,1-3H2;1H/b19-13-;18-10-;17-11-;;10-5-;;. The molecule has 596 valence electrons. The molecule has 0 radical (unpaired) electrons. The molecule has 13 N–H and O–H groups in total. The van der Waals surface area contributed by atoms with Gasteiger partial charge in [-0.3, -0.25) is 18.7 Å². The number of unbranched alkanes of at least 4 members (excludes halogenated alkanes) is 3. The van der Waals surface area contributed by atoms with Gasteiger partial charge in [0.1, 0.15) is 69.3 Å². The summed E-state index contributed by atoms with van der Waals surface area (Å²) >= 11 is 19.9. The lowest BCUT2D eigenvalue weighted by molar-refractivity contribution is -0.156. The number of aliphatic carboxylic acids is 2. The van der Waals surface area contributed by atoms with E-state index < -0.39 is 52.0 Å². The van der Waals surface area contributed by atoms with Crippen LogP contribution in [0.4, 0.5) is 25.3 Å². The van der Waals surface area contributed by atoms with Crippen LogP contribution >= 0.6 is 129 Å². The number of carbonyl (C=O) groups is 8. The van der Waals surface area contributed by atoms with E-state index in [0.29, 0.717) is 67.4 Å². The summed E-state index contributed by atoms with van der Waals surface area (Å²) in [5, 5.41) is 50.8. The van der Waals surface area contributed by atoms with Gasteiger partial charge in [0.05, 0.1) is 13.2 Å². The van der Waals surface area contributed by atoms with Crippen LogP contribution in [-0.2, 0) is 76.5 Å². The van der Waals surface area contributed by atoms with Gasteiger partial charge >= 0.3 is 47.9 Å². The average molecular weight is 1890 g/mol. The molecule has 34 nitrogen and oxygen atoms in total. The Bertz CT molecular complexity index is 3350. The Hall–Kier alpha value is -6.42. The highest BCUT2D eigenvalue weighted by Crippen LogP contribution is 2.27. The normalized spacial score (nSPS) is 11.5. The van der Waals surface area contributed by atoms with E-state index in [2.05, 4.69) is 103 Å². The molecule has 0 saturated heterocycles. The number of ether oxygens (including phenoxy) is 6. The number of aromatic nitrogens is 4. The summed E-state index contributed by atoms with van der Waals surface area (Å²) in [6, 6.07) is 0. The molecule has 43 heteroatoms. The third-order valence-electron chi connectivity index (χ3n) is 10.3. The molecule has 0 aromatic carbocycles. The maximum atomic E-state index is 11.9. The molecular weight excluding hydrogens is 1790 g/mol. The van der Waals surface area contributed by atoms with Crippen LogP contribution in [-0.4, -0.2) is 185 Å². The number of alkyl carbamates (subject to hydrolysis) is 1. The van der Waals surface area contributed by atoms with Crippen LogP contribution in [0.15, 0.2) is 36.8 Å².